The van der Waals surface area contributed by atoms with Crippen LogP contribution in [-0.2, 0) is 0 Å². The van der Waals surface area contributed by atoms with Gasteiger partial charge in [-0.25, -0.2) is 4.98 Å². The second-order valence-electron chi connectivity index (χ2n) is 4.14. The van der Waals surface area contributed by atoms with E-state index in [9.17, 15) is 0 Å². The van der Waals surface area contributed by atoms with Crippen molar-refractivity contribution >= 4 is 16.5 Å². The number of hydrogen-bond acceptors (Lipinski definition) is 4. The SMILES string of the molecule is CCCNC(C)c1sc(N(C)CC)nc1C. The standard InChI is InChI=1S/C12H23N3S/c1-6-8-13-9(3)11-10(4)14-12(16-11)15(5)7-2/h9,13H,6-8H2,1-5H3. The van der Waals surface area contributed by atoms with Gasteiger partial charge in [-0.15, -0.1) is 11.3 Å². The molecule has 0 fully saturated rings. The first-order chi connectivity index (χ1) is 7.60. The van der Waals surface area contributed by atoms with Crippen LogP contribution < -0.4 is 10.2 Å². The van der Waals surface area contributed by atoms with E-state index in [-0.39, 0.29) is 0 Å². The van der Waals surface area contributed by atoms with Gasteiger partial charge in [-0.05, 0) is 33.7 Å². The van der Waals surface area contributed by atoms with Gasteiger partial charge in [0, 0.05) is 24.5 Å². The fraction of sp³-hybridized carbons (Fsp3) is 0.750. The molecule has 1 heterocycles. The van der Waals surface area contributed by atoms with Crippen molar-refractivity contribution in [1.82, 2.24) is 10.3 Å². The maximum absolute atomic E-state index is 4.61. The van der Waals surface area contributed by atoms with Gasteiger partial charge in [-0.3, -0.25) is 0 Å². The Hall–Kier alpha value is -0.610. The van der Waals surface area contributed by atoms with Crippen LogP contribution in [0.3, 0.4) is 0 Å². The Labute approximate surface area is 103 Å². The highest BCUT2D eigenvalue weighted by molar-refractivity contribution is 7.15. The summed E-state index contributed by atoms with van der Waals surface area (Å²) >= 11 is 1.80. The van der Waals surface area contributed by atoms with E-state index in [1.807, 2.05) is 0 Å². The van der Waals surface area contributed by atoms with Crippen molar-refractivity contribution in [3.8, 4) is 0 Å². The molecule has 1 rings (SSSR count). The summed E-state index contributed by atoms with van der Waals surface area (Å²) in [5.41, 5.74) is 1.16. The molecule has 0 radical (unpaired) electrons. The van der Waals surface area contributed by atoms with Crippen LogP contribution in [0.2, 0.25) is 0 Å². The lowest BCUT2D eigenvalue weighted by Crippen LogP contribution is -2.18. The van der Waals surface area contributed by atoms with E-state index in [1.54, 1.807) is 11.3 Å². The summed E-state index contributed by atoms with van der Waals surface area (Å²) in [6, 6.07) is 0.413. The molecule has 4 heteroatoms. The molecule has 92 valence electrons. The van der Waals surface area contributed by atoms with Gasteiger partial charge < -0.3 is 10.2 Å². The molecular formula is C12H23N3S. The maximum atomic E-state index is 4.61. The van der Waals surface area contributed by atoms with Crippen molar-refractivity contribution in [2.75, 3.05) is 25.0 Å². The largest absolute Gasteiger partial charge is 0.351 e. The van der Waals surface area contributed by atoms with Crippen molar-refractivity contribution in [1.29, 1.82) is 0 Å². The predicted molar refractivity (Wildman–Crippen MR) is 72.5 cm³/mol. The lowest BCUT2D eigenvalue weighted by molar-refractivity contribution is 0.575. The number of rotatable bonds is 6. The Kier molecular flexibility index (Phi) is 5.22. The number of thiazole rings is 1. The highest BCUT2D eigenvalue weighted by Crippen LogP contribution is 2.29. The van der Waals surface area contributed by atoms with Gasteiger partial charge >= 0.3 is 0 Å². The van der Waals surface area contributed by atoms with Gasteiger partial charge in [0.1, 0.15) is 0 Å². The third-order valence-corrected chi connectivity index (χ3v) is 4.17. The topological polar surface area (TPSA) is 28.2 Å². The van der Waals surface area contributed by atoms with Gasteiger partial charge in [-0.2, -0.15) is 0 Å². The molecule has 1 atom stereocenters. The van der Waals surface area contributed by atoms with Crippen LogP contribution in [0, 0.1) is 6.92 Å². The number of nitrogens with one attached hydrogen (secondary N) is 1. The Morgan fingerprint density at radius 3 is 2.69 bits per heavy atom. The highest BCUT2D eigenvalue weighted by atomic mass is 32.1. The summed E-state index contributed by atoms with van der Waals surface area (Å²) in [5, 5.41) is 4.64. The molecular weight excluding hydrogens is 218 g/mol. The zero-order valence-electron chi connectivity index (χ0n) is 11.0. The maximum Gasteiger partial charge on any atom is 0.185 e. The van der Waals surface area contributed by atoms with E-state index >= 15 is 0 Å². The number of hydrogen-bond donors (Lipinski definition) is 1. The number of nitrogens with zero attached hydrogens (tertiary/aromatic N) is 2. The Morgan fingerprint density at radius 1 is 1.44 bits per heavy atom. The van der Waals surface area contributed by atoms with Crippen LogP contribution >= 0.6 is 11.3 Å². The molecule has 0 aliphatic heterocycles. The second kappa shape index (κ2) is 6.21. The third kappa shape index (κ3) is 3.19. The van der Waals surface area contributed by atoms with Crippen molar-refractivity contribution in [3.05, 3.63) is 10.6 Å². The predicted octanol–water partition coefficient (Wildman–Crippen LogP) is 2.97. The molecule has 0 spiro atoms. The van der Waals surface area contributed by atoms with E-state index in [4.69, 9.17) is 0 Å². The molecule has 0 aromatic carbocycles. The summed E-state index contributed by atoms with van der Waals surface area (Å²) in [5.74, 6) is 0. The van der Waals surface area contributed by atoms with Gasteiger partial charge in [0.15, 0.2) is 5.13 Å². The monoisotopic (exact) mass is 241 g/mol. The number of aryl methyl sites for hydroxylation is 1. The average molecular weight is 241 g/mol. The zero-order chi connectivity index (χ0) is 12.1. The number of anilines is 1. The summed E-state index contributed by atoms with van der Waals surface area (Å²) in [4.78, 5) is 8.17. The Bertz CT molecular complexity index is 322. The minimum absolute atomic E-state index is 0.413. The highest BCUT2D eigenvalue weighted by Gasteiger charge is 2.14. The van der Waals surface area contributed by atoms with Crippen LogP contribution in [-0.4, -0.2) is 25.1 Å². The third-order valence-electron chi connectivity index (χ3n) is 2.72. The van der Waals surface area contributed by atoms with Crippen LogP contribution in [0.15, 0.2) is 0 Å². The molecule has 0 amide bonds. The minimum Gasteiger partial charge on any atom is -0.351 e. The molecule has 16 heavy (non-hydrogen) atoms. The molecule has 0 bridgehead atoms. The van der Waals surface area contributed by atoms with Gasteiger partial charge in [0.05, 0.1) is 5.69 Å². The summed E-state index contributed by atoms with van der Waals surface area (Å²) < 4.78 is 0. The fourth-order valence-electron chi connectivity index (χ4n) is 1.55. The summed E-state index contributed by atoms with van der Waals surface area (Å²) in [6.45, 7) is 10.7. The molecule has 3 nitrogen and oxygen atoms in total. The average Bonchev–Trinajstić information content (AvgIpc) is 2.67. The molecule has 0 saturated carbocycles. The van der Waals surface area contributed by atoms with Crippen LogP contribution in [0.5, 0.6) is 0 Å². The summed E-state index contributed by atoms with van der Waals surface area (Å²) in [6.07, 6.45) is 1.17. The smallest absolute Gasteiger partial charge is 0.185 e. The normalized spacial score (nSPS) is 12.8. The van der Waals surface area contributed by atoms with E-state index < -0.39 is 0 Å². The molecule has 1 unspecified atom stereocenters. The Morgan fingerprint density at radius 2 is 2.12 bits per heavy atom. The van der Waals surface area contributed by atoms with Gasteiger partial charge in [0.2, 0.25) is 0 Å². The van der Waals surface area contributed by atoms with E-state index in [2.05, 4.69) is 49.9 Å². The lowest BCUT2D eigenvalue weighted by atomic mass is 10.2. The minimum atomic E-state index is 0.413. The molecule has 1 aromatic rings. The second-order valence-corrected chi connectivity index (χ2v) is 5.15. The number of aromatic nitrogens is 1. The van der Waals surface area contributed by atoms with Crippen molar-refractivity contribution < 1.29 is 0 Å². The first-order valence-corrected chi connectivity index (χ1v) is 6.83. The molecule has 0 aliphatic carbocycles. The van der Waals surface area contributed by atoms with Crippen molar-refractivity contribution in [2.45, 2.75) is 40.2 Å². The van der Waals surface area contributed by atoms with Crippen LogP contribution in [0.25, 0.3) is 0 Å². The van der Waals surface area contributed by atoms with E-state index in [0.29, 0.717) is 6.04 Å². The van der Waals surface area contributed by atoms with E-state index in [1.165, 1.54) is 11.3 Å². The quantitative estimate of drug-likeness (QED) is 0.830. The first-order valence-electron chi connectivity index (χ1n) is 6.01. The Balaban J connectivity index is 2.76. The zero-order valence-corrected chi connectivity index (χ0v) is 11.8. The fourth-order valence-corrected chi connectivity index (χ4v) is 2.67. The van der Waals surface area contributed by atoms with Gasteiger partial charge in [0.25, 0.3) is 0 Å². The molecule has 0 saturated heterocycles. The lowest BCUT2D eigenvalue weighted by Gasteiger charge is -2.12. The van der Waals surface area contributed by atoms with Gasteiger partial charge in [-0.1, -0.05) is 6.92 Å². The summed E-state index contributed by atoms with van der Waals surface area (Å²) in [7, 11) is 2.09. The molecule has 1 aromatic heterocycles. The first kappa shape index (κ1) is 13.5. The van der Waals surface area contributed by atoms with Crippen molar-refractivity contribution in [2.24, 2.45) is 0 Å². The molecule has 0 aliphatic rings. The van der Waals surface area contributed by atoms with Crippen LogP contribution in [0.4, 0.5) is 5.13 Å². The van der Waals surface area contributed by atoms with E-state index in [0.717, 1.165) is 23.9 Å². The molecule has 1 N–H and O–H groups in total. The van der Waals surface area contributed by atoms with Crippen molar-refractivity contribution in [3.63, 3.8) is 0 Å². The van der Waals surface area contributed by atoms with Crippen LogP contribution in [0.1, 0.15) is 43.8 Å².